The van der Waals surface area contributed by atoms with E-state index in [1.54, 1.807) is 6.07 Å². The van der Waals surface area contributed by atoms with Crippen LogP contribution in [-0.2, 0) is 0 Å². The molecule has 1 aliphatic rings. The van der Waals surface area contributed by atoms with Gasteiger partial charge in [-0.25, -0.2) is 0 Å². The van der Waals surface area contributed by atoms with E-state index in [4.69, 9.17) is 5.84 Å². The number of nitrogens with zero attached hydrogens (tertiary/aromatic N) is 1. The van der Waals surface area contributed by atoms with Crippen LogP contribution in [0.2, 0.25) is 0 Å². The molecule has 3 rings (SSSR count). The van der Waals surface area contributed by atoms with Gasteiger partial charge in [-0.1, -0.05) is 18.2 Å². The summed E-state index contributed by atoms with van der Waals surface area (Å²) in [5.41, 5.74) is 1.40. The van der Waals surface area contributed by atoms with E-state index in [2.05, 4.69) is 5.32 Å². The van der Waals surface area contributed by atoms with Crippen molar-refractivity contribution in [2.24, 2.45) is 0 Å². The Hall–Kier alpha value is -2.30. The number of rotatable bonds is 0. The maximum Gasteiger partial charge on any atom is 0.270 e. The fourth-order valence-corrected chi connectivity index (χ4v) is 2.27. The molecule has 3 N–H and O–H groups in total. The molecule has 2 heterocycles. The van der Waals surface area contributed by atoms with E-state index in [0.717, 1.165) is 5.39 Å². The SMILES string of the molecule is Nn1c2c(c3ccccc31)C(=O)CCNC2=O. The second-order valence-electron chi connectivity index (χ2n) is 4.04. The van der Waals surface area contributed by atoms with Crippen LogP contribution in [-0.4, -0.2) is 22.9 Å². The van der Waals surface area contributed by atoms with Gasteiger partial charge in [0.25, 0.3) is 5.91 Å². The molecule has 1 aromatic heterocycles. The quantitative estimate of drug-likeness (QED) is 0.652. The predicted octanol–water partition coefficient (Wildman–Crippen LogP) is 0.671. The van der Waals surface area contributed by atoms with Crippen LogP contribution in [0.5, 0.6) is 0 Å². The van der Waals surface area contributed by atoms with E-state index in [1.807, 2.05) is 18.2 Å². The standard InChI is InChI=1S/C12H11N3O2/c13-15-8-4-2-1-3-7(8)10-9(16)5-6-14-12(17)11(10)15/h1-4H,5-6,13H2,(H,14,17). The van der Waals surface area contributed by atoms with Gasteiger partial charge in [0.2, 0.25) is 0 Å². The van der Waals surface area contributed by atoms with Gasteiger partial charge in [0.05, 0.1) is 11.1 Å². The summed E-state index contributed by atoms with van der Waals surface area (Å²) in [5.74, 6) is 5.56. The number of hydrogen-bond donors (Lipinski definition) is 2. The highest BCUT2D eigenvalue weighted by atomic mass is 16.2. The van der Waals surface area contributed by atoms with E-state index in [-0.39, 0.29) is 17.4 Å². The number of para-hydroxylation sites is 1. The van der Waals surface area contributed by atoms with Gasteiger partial charge < -0.3 is 11.2 Å². The summed E-state index contributed by atoms with van der Waals surface area (Å²) in [6, 6.07) is 7.27. The zero-order valence-electron chi connectivity index (χ0n) is 9.06. The number of ketones is 1. The molecule has 86 valence electrons. The monoisotopic (exact) mass is 229 g/mol. The molecule has 0 saturated carbocycles. The molecule has 0 radical (unpaired) electrons. The zero-order valence-corrected chi connectivity index (χ0v) is 9.06. The molecule has 17 heavy (non-hydrogen) atoms. The van der Waals surface area contributed by atoms with E-state index < -0.39 is 0 Å². The lowest BCUT2D eigenvalue weighted by Gasteiger charge is -2.02. The highest BCUT2D eigenvalue weighted by Gasteiger charge is 2.28. The van der Waals surface area contributed by atoms with Crippen molar-refractivity contribution in [2.75, 3.05) is 12.4 Å². The first kappa shape index (κ1) is 9.89. The largest absolute Gasteiger partial charge is 0.350 e. The second kappa shape index (κ2) is 3.35. The molecule has 0 atom stereocenters. The van der Waals surface area contributed by atoms with Crippen LogP contribution in [0.4, 0.5) is 0 Å². The van der Waals surface area contributed by atoms with E-state index in [0.29, 0.717) is 24.0 Å². The number of carbonyl (C=O) groups excluding carboxylic acids is 2. The van der Waals surface area contributed by atoms with E-state index >= 15 is 0 Å². The first-order valence-electron chi connectivity index (χ1n) is 5.40. The van der Waals surface area contributed by atoms with Crippen molar-refractivity contribution in [3.63, 3.8) is 0 Å². The molecule has 5 nitrogen and oxygen atoms in total. The number of benzene rings is 1. The van der Waals surface area contributed by atoms with Gasteiger partial charge in [0.1, 0.15) is 5.69 Å². The third-order valence-corrected chi connectivity index (χ3v) is 3.04. The van der Waals surface area contributed by atoms with Gasteiger partial charge in [-0.05, 0) is 6.07 Å². The molecule has 1 aromatic carbocycles. The summed E-state index contributed by atoms with van der Waals surface area (Å²) in [6.07, 6.45) is 0.312. The topological polar surface area (TPSA) is 77.1 Å². The van der Waals surface area contributed by atoms with Crippen LogP contribution < -0.4 is 11.2 Å². The van der Waals surface area contributed by atoms with Gasteiger partial charge in [-0.2, -0.15) is 0 Å². The molecule has 1 aliphatic heterocycles. The van der Waals surface area contributed by atoms with Gasteiger partial charge >= 0.3 is 0 Å². The molecule has 0 unspecified atom stereocenters. The Morgan fingerprint density at radius 3 is 2.82 bits per heavy atom. The van der Waals surface area contributed by atoms with Gasteiger partial charge in [0, 0.05) is 18.4 Å². The number of carbonyl (C=O) groups is 2. The molecule has 0 saturated heterocycles. The Labute approximate surface area is 97.2 Å². The fraction of sp³-hybridized carbons (Fsp3) is 0.167. The summed E-state index contributed by atoms with van der Waals surface area (Å²) < 4.78 is 1.29. The minimum Gasteiger partial charge on any atom is -0.350 e. The first-order chi connectivity index (χ1) is 8.20. The van der Waals surface area contributed by atoms with Crippen LogP contribution in [0.3, 0.4) is 0 Å². The van der Waals surface area contributed by atoms with Crippen molar-refractivity contribution in [1.29, 1.82) is 0 Å². The van der Waals surface area contributed by atoms with Crippen LogP contribution in [0, 0.1) is 0 Å². The fourth-order valence-electron chi connectivity index (χ4n) is 2.27. The van der Waals surface area contributed by atoms with E-state index in [1.165, 1.54) is 4.68 Å². The average Bonchev–Trinajstić information content (AvgIpc) is 2.54. The summed E-state index contributed by atoms with van der Waals surface area (Å²) in [6.45, 7) is 0.362. The molecule has 0 spiro atoms. The van der Waals surface area contributed by atoms with E-state index in [9.17, 15) is 9.59 Å². The summed E-state index contributed by atoms with van der Waals surface area (Å²) >= 11 is 0. The van der Waals surface area contributed by atoms with Crippen LogP contribution >= 0.6 is 0 Å². The molecule has 0 fully saturated rings. The molecule has 0 bridgehead atoms. The normalized spacial score (nSPS) is 15.5. The van der Waals surface area contributed by atoms with Gasteiger partial charge in [0.15, 0.2) is 5.78 Å². The summed E-state index contributed by atoms with van der Waals surface area (Å²) in [7, 11) is 0. The van der Waals surface area contributed by atoms with Crippen molar-refractivity contribution >= 4 is 22.6 Å². The van der Waals surface area contributed by atoms with Crippen molar-refractivity contribution in [1.82, 2.24) is 9.99 Å². The molecule has 5 heteroatoms. The average molecular weight is 229 g/mol. The number of amides is 1. The van der Waals surface area contributed by atoms with Gasteiger partial charge in [-0.3, -0.25) is 14.3 Å². The highest BCUT2D eigenvalue weighted by molar-refractivity contribution is 6.17. The molecule has 2 aromatic rings. The number of nitrogens with one attached hydrogen (secondary N) is 1. The van der Waals surface area contributed by atoms with Crippen LogP contribution in [0.1, 0.15) is 27.3 Å². The Bertz CT molecular complexity index is 642. The minimum atomic E-state index is -0.287. The predicted molar refractivity (Wildman–Crippen MR) is 63.4 cm³/mol. The number of nitrogen functional groups attached to an aromatic ring is 1. The summed E-state index contributed by atoms with van der Waals surface area (Å²) in [5, 5.41) is 3.41. The third kappa shape index (κ3) is 1.25. The van der Waals surface area contributed by atoms with Crippen molar-refractivity contribution in [2.45, 2.75) is 6.42 Å². The smallest absolute Gasteiger partial charge is 0.270 e. The second-order valence-corrected chi connectivity index (χ2v) is 4.04. The van der Waals surface area contributed by atoms with Crippen molar-refractivity contribution in [3.05, 3.63) is 35.5 Å². The number of nitrogens with two attached hydrogens (primary N) is 1. The Morgan fingerprint density at radius 1 is 1.24 bits per heavy atom. The molecule has 1 amide bonds. The lowest BCUT2D eigenvalue weighted by molar-refractivity contribution is 0.0949. The van der Waals surface area contributed by atoms with Crippen LogP contribution in [0.15, 0.2) is 24.3 Å². The molecular formula is C12H11N3O2. The first-order valence-corrected chi connectivity index (χ1v) is 5.40. The molecule has 0 aliphatic carbocycles. The maximum atomic E-state index is 12.0. The van der Waals surface area contributed by atoms with Crippen molar-refractivity contribution in [3.8, 4) is 0 Å². The Morgan fingerprint density at radius 2 is 2.00 bits per heavy atom. The molecular weight excluding hydrogens is 218 g/mol. The minimum absolute atomic E-state index is 0.0428. The zero-order chi connectivity index (χ0) is 12.0. The maximum absolute atomic E-state index is 12.0. The number of aromatic nitrogens is 1. The summed E-state index contributed by atoms with van der Waals surface area (Å²) in [4.78, 5) is 23.9. The highest BCUT2D eigenvalue weighted by Crippen LogP contribution is 2.26. The van der Waals surface area contributed by atoms with Crippen molar-refractivity contribution < 1.29 is 9.59 Å². The third-order valence-electron chi connectivity index (χ3n) is 3.04. The Kier molecular flexibility index (Phi) is 1.95. The number of hydrogen-bond acceptors (Lipinski definition) is 3. The lowest BCUT2D eigenvalue weighted by atomic mass is 10.1. The number of fused-ring (bicyclic) bond motifs is 3. The lowest BCUT2D eigenvalue weighted by Crippen LogP contribution is -2.27. The van der Waals surface area contributed by atoms with Gasteiger partial charge in [-0.15, -0.1) is 0 Å². The Balaban J connectivity index is 2.45. The van der Waals surface area contributed by atoms with Crippen LogP contribution in [0.25, 0.3) is 10.9 Å². The number of Topliss-reactive ketones (excluding diaryl/α,β-unsaturated/α-hetero) is 1.